The van der Waals surface area contributed by atoms with Crippen LogP contribution < -0.4 is 15.2 Å². The van der Waals surface area contributed by atoms with Gasteiger partial charge in [0.15, 0.2) is 0 Å². The second-order valence-corrected chi connectivity index (χ2v) is 10.0. The van der Waals surface area contributed by atoms with Crippen molar-refractivity contribution in [3.05, 3.63) is 95.1 Å². The Balaban J connectivity index is 1.78. The van der Waals surface area contributed by atoms with Crippen LogP contribution in [0.3, 0.4) is 0 Å². The highest BCUT2D eigenvalue weighted by Gasteiger charge is 2.22. The van der Waals surface area contributed by atoms with E-state index in [0.29, 0.717) is 25.2 Å². The molecule has 4 heteroatoms. The quantitative estimate of drug-likeness (QED) is 0.283. The minimum Gasteiger partial charge on any atom is -0.496 e. The molecule has 3 aromatic carbocycles. The van der Waals surface area contributed by atoms with Crippen molar-refractivity contribution in [3.63, 3.8) is 0 Å². The maximum absolute atomic E-state index is 6.05. The van der Waals surface area contributed by atoms with Gasteiger partial charge in [0.25, 0.3) is 0 Å². The minimum absolute atomic E-state index is 0.261. The zero-order valence-corrected chi connectivity index (χ0v) is 22.7. The Bertz CT molecular complexity index is 1020. The molecule has 0 saturated carbocycles. The molecule has 0 heterocycles. The van der Waals surface area contributed by atoms with Crippen molar-refractivity contribution in [1.29, 1.82) is 0 Å². The van der Waals surface area contributed by atoms with Crippen molar-refractivity contribution in [2.45, 2.75) is 65.0 Å². The van der Waals surface area contributed by atoms with Crippen LogP contribution in [0, 0.1) is 0 Å². The first-order chi connectivity index (χ1) is 17.4. The van der Waals surface area contributed by atoms with Gasteiger partial charge in [-0.05, 0) is 88.5 Å². The second-order valence-electron chi connectivity index (χ2n) is 10.0. The monoisotopic (exact) mass is 488 g/mol. The number of methoxy groups -OCH3 is 1. The van der Waals surface area contributed by atoms with Gasteiger partial charge in [0.2, 0.25) is 0 Å². The highest BCUT2D eigenvalue weighted by molar-refractivity contribution is 5.44. The molecule has 0 saturated heterocycles. The zero-order valence-electron chi connectivity index (χ0n) is 22.7. The van der Waals surface area contributed by atoms with Gasteiger partial charge in [-0.3, -0.25) is 4.90 Å². The third-order valence-electron chi connectivity index (χ3n) is 6.89. The molecule has 0 fully saturated rings. The maximum Gasteiger partial charge on any atom is 0.122 e. The number of rotatable bonds is 14. The first kappa shape index (κ1) is 27.8. The van der Waals surface area contributed by atoms with Crippen LogP contribution in [0.2, 0.25) is 0 Å². The van der Waals surface area contributed by atoms with Crippen LogP contribution in [-0.2, 0) is 12.8 Å². The third-order valence-corrected chi connectivity index (χ3v) is 6.89. The predicted molar refractivity (Wildman–Crippen MR) is 151 cm³/mol. The fraction of sp³-hybridized carbons (Fsp3) is 0.438. The molecular weight excluding hydrogens is 444 g/mol. The number of nitrogens with two attached hydrogens (primary N) is 1. The van der Waals surface area contributed by atoms with E-state index in [-0.39, 0.29) is 5.92 Å². The van der Waals surface area contributed by atoms with Crippen molar-refractivity contribution >= 4 is 0 Å². The molecule has 194 valence electrons. The molecule has 0 aromatic heterocycles. The molecule has 1 atom stereocenters. The van der Waals surface area contributed by atoms with Crippen molar-refractivity contribution in [1.82, 2.24) is 4.90 Å². The van der Waals surface area contributed by atoms with Gasteiger partial charge in [-0.1, -0.05) is 54.6 Å². The lowest BCUT2D eigenvalue weighted by molar-refractivity contribution is 0.170. The molecule has 3 aromatic rings. The first-order valence-electron chi connectivity index (χ1n) is 13.3. The van der Waals surface area contributed by atoms with Crippen LogP contribution >= 0.6 is 0 Å². The average molecular weight is 489 g/mol. The summed E-state index contributed by atoms with van der Waals surface area (Å²) in [5, 5.41) is 0. The van der Waals surface area contributed by atoms with E-state index in [2.05, 4.69) is 93.3 Å². The molecule has 0 aliphatic carbocycles. The van der Waals surface area contributed by atoms with Gasteiger partial charge in [-0.15, -0.1) is 0 Å². The molecule has 0 spiro atoms. The fourth-order valence-corrected chi connectivity index (χ4v) is 5.00. The summed E-state index contributed by atoms with van der Waals surface area (Å²) in [5.41, 5.74) is 10.7. The largest absolute Gasteiger partial charge is 0.496 e. The standard InChI is InChI=1S/C32H44N2O2/c1-24(2)34(25(3)4)21-18-30(28-9-7-6-8-10-28)31-23-27(13-16-32(31)35-5)19-22-36-29-14-11-26(12-15-29)17-20-33/h6-16,23-25,30H,17-22,33H2,1-5H3/t30-/m1/s1. The van der Waals surface area contributed by atoms with Crippen LogP contribution in [0.4, 0.5) is 0 Å². The normalized spacial score (nSPS) is 12.4. The van der Waals surface area contributed by atoms with Crippen LogP contribution in [0.15, 0.2) is 72.8 Å². The van der Waals surface area contributed by atoms with Gasteiger partial charge in [0, 0.05) is 30.0 Å². The van der Waals surface area contributed by atoms with E-state index < -0.39 is 0 Å². The van der Waals surface area contributed by atoms with Crippen LogP contribution in [0.5, 0.6) is 11.5 Å². The summed E-state index contributed by atoms with van der Waals surface area (Å²) < 4.78 is 11.9. The van der Waals surface area contributed by atoms with E-state index in [0.717, 1.165) is 37.3 Å². The minimum atomic E-state index is 0.261. The van der Waals surface area contributed by atoms with Crippen molar-refractivity contribution in [2.75, 3.05) is 26.8 Å². The number of benzene rings is 3. The zero-order chi connectivity index (χ0) is 25.9. The Kier molecular flexibility index (Phi) is 10.8. The summed E-state index contributed by atoms with van der Waals surface area (Å²) in [5.74, 6) is 2.11. The van der Waals surface area contributed by atoms with Gasteiger partial charge in [0.1, 0.15) is 11.5 Å². The Morgan fingerprint density at radius 1 is 0.806 bits per heavy atom. The van der Waals surface area contributed by atoms with Gasteiger partial charge in [-0.25, -0.2) is 0 Å². The fourth-order valence-electron chi connectivity index (χ4n) is 5.00. The van der Waals surface area contributed by atoms with E-state index in [4.69, 9.17) is 15.2 Å². The SMILES string of the molecule is COc1ccc(CCOc2ccc(CCN)cc2)cc1[C@H](CCN(C(C)C)C(C)C)c1ccccc1. The molecule has 3 rings (SSSR count). The summed E-state index contributed by atoms with van der Waals surface area (Å²) in [6.07, 6.45) is 2.77. The van der Waals surface area contributed by atoms with E-state index in [1.54, 1.807) is 7.11 Å². The van der Waals surface area contributed by atoms with Gasteiger partial charge in [-0.2, -0.15) is 0 Å². The smallest absolute Gasteiger partial charge is 0.122 e. The molecule has 0 aliphatic rings. The molecule has 0 amide bonds. The van der Waals surface area contributed by atoms with E-state index in [1.807, 2.05) is 12.1 Å². The Hall–Kier alpha value is -2.82. The Morgan fingerprint density at radius 3 is 2.08 bits per heavy atom. The molecule has 36 heavy (non-hydrogen) atoms. The average Bonchev–Trinajstić information content (AvgIpc) is 2.88. The molecule has 0 unspecified atom stereocenters. The van der Waals surface area contributed by atoms with E-state index >= 15 is 0 Å². The number of nitrogens with zero attached hydrogens (tertiary/aromatic N) is 1. The highest BCUT2D eigenvalue weighted by atomic mass is 16.5. The summed E-state index contributed by atoms with van der Waals surface area (Å²) in [6, 6.07) is 26.7. The summed E-state index contributed by atoms with van der Waals surface area (Å²) in [7, 11) is 1.77. The second kappa shape index (κ2) is 14.1. The molecule has 0 radical (unpaired) electrons. The summed E-state index contributed by atoms with van der Waals surface area (Å²) >= 11 is 0. The van der Waals surface area contributed by atoms with Crippen LogP contribution in [0.1, 0.15) is 62.3 Å². The van der Waals surface area contributed by atoms with Gasteiger partial charge < -0.3 is 15.2 Å². The Labute approximate surface area is 218 Å². The maximum atomic E-state index is 6.05. The number of ether oxygens (including phenoxy) is 2. The number of hydrogen-bond acceptors (Lipinski definition) is 4. The third kappa shape index (κ3) is 7.84. The lowest BCUT2D eigenvalue weighted by Crippen LogP contribution is -2.38. The Morgan fingerprint density at radius 2 is 1.47 bits per heavy atom. The van der Waals surface area contributed by atoms with Crippen LogP contribution in [0.25, 0.3) is 0 Å². The molecular formula is C32H44N2O2. The topological polar surface area (TPSA) is 47.7 Å². The van der Waals surface area contributed by atoms with E-state index in [9.17, 15) is 0 Å². The molecule has 0 bridgehead atoms. The molecule has 4 nitrogen and oxygen atoms in total. The summed E-state index contributed by atoms with van der Waals surface area (Å²) in [6.45, 7) is 11.5. The summed E-state index contributed by atoms with van der Waals surface area (Å²) in [4.78, 5) is 2.57. The van der Waals surface area contributed by atoms with Crippen molar-refractivity contribution in [3.8, 4) is 11.5 Å². The molecule has 0 aliphatic heterocycles. The van der Waals surface area contributed by atoms with Gasteiger partial charge in [0.05, 0.1) is 13.7 Å². The lowest BCUT2D eigenvalue weighted by atomic mass is 9.86. The first-order valence-corrected chi connectivity index (χ1v) is 13.3. The highest BCUT2D eigenvalue weighted by Crippen LogP contribution is 2.36. The molecule has 2 N–H and O–H groups in total. The predicted octanol–water partition coefficient (Wildman–Crippen LogP) is 6.46. The lowest BCUT2D eigenvalue weighted by Gasteiger charge is -2.32. The van der Waals surface area contributed by atoms with Gasteiger partial charge >= 0.3 is 0 Å². The van der Waals surface area contributed by atoms with Crippen molar-refractivity contribution in [2.24, 2.45) is 5.73 Å². The van der Waals surface area contributed by atoms with Crippen LogP contribution in [-0.4, -0.2) is 43.8 Å². The number of hydrogen-bond donors (Lipinski definition) is 1. The van der Waals surface area contributed by atoms with Crippen molar-refractivity contribution < 1.29 is 9.47 Å². The van der Waals surface area contributed by atoms with E-state index in [1.165, 1.54) is 22.3 Å².